The van der Waals surface area contributed by atoms with Gasteiger partial charge in [0.15, 0.2) is 0 Å². The molecular formula is C22H21NO3S. The molecule has 0 saturated carbocycles. The van der Waals surface area contributed by atoms with Gasteiger partial charge in [-0.2, -0.15) is 0 Å². The van der Waals surface area contributed by atoms with Crippen LogP contribution < -0.4 is 5.32 Å². The molecule has 2 aromatic carbocycles. The number of carbonyl (C=O) groups excluding carboxylic acids is 1. The van der Waals surface area contributed by atoms with E-state index in [0.29, 0.717) is 16.5 Å². The Hall–Kier alpha value is -2.92. The van der Waals surface area contributed by atoms with Crippen LogP contribution >= 0.6 is 11.3 Å². The number of thiophene rings is 1. The van der Waals surface area contributed by atoms with Gasteiger partial charge in [0.1, 0.15) is 10.6 Å². The van der Waals surface area contributed by atoms with Crippen molar-refractivity contribution in [2.24, 2.45) is 0 Å². The van der Waals surface area contributed by atoms with E-state index < -0.39 is 5.97 Å². The fourth-order valence-electron chi connectivity index (χ4n) is 2.87. The van der Waals surface area contributed by atoms with Crippen molar-refractivity contribution in [3.63, 3.8) is 0 Å². The van der Waals surface area contributed by atoms with Crippen molar-refractivity contribution in [2.45, 2.75) is 26.2 Å². The van der Waals surface area contributed by atoms with Crippen LogP contribution in [0.4, 0.5) is 5.00 Å². The molecule has 0 unspecified atom stereocenters. The quantitative estimate of drug-likeness (QED) is 0.601. The number of rotatable bonds is 6. The molecule has 0 aliphatic rings. The normalized spacial score (nSPS) is 10.8. The van der Waals surface area contributed by atoms with E-state index in [-0.39, 0.29) is 17.9 Å². The van der Waals surface area contributed by atoms with E-state index in [1.54, 1.807) is 5.38 Å². The molecular weight excluding hydrogens is 358 g/mol. The fraction of sp³-hybridized carbons (Fsp3) is 0.182. The van der Waals surface area contributed by atoms with Crippen LogP contribution in [0.5, 0.6) is 0 Å². The number of carbonyl (C=O) groups is 2. The summed E-state index contributed by atoms with van der Waals surface area (Å²) in [6.07, 6.45) is 0.205. The molecule has 0 radical (unpaired) electrons. The Kier molecular flexibility index (Phi) is 5.72. The molecule has 3 aromatic rings. The maximum Gasteiger partial charge on any atom is 0.339 e. The number of nitrogens with one attached hydrogen (secondary N) is 1. The molecule has 1 aromatic heterocycles. The summed E-state index contributed by atoms with van der Waals surface area (Å²) in [5.41, 5.74) is 3.67. The zero-order valence-corrected chi connectivity index (χ0v) is 16.0. The Morgan fingerprint density at radius 3 is 2.30 bits per heavy atom. The van der Waals surface area contributed by atoms with Crippen molar-refractivity contribution >= 4 is 28.2 Å². The average Bonchev–Trinajstić information content (AvgIpc) is 3.06. The van der Waals surface area contributed by atoms with Crippen LogP contribution in [0, 0.1) is 0 Å². The summed E-state index contributed by atoms with van der Waals surface area (Å²) in [7, 11) is 0. The summed E-state index contributed by atoms with van der Waals surface area (Å²) in [5.74, 6) is -0.866. The second kappa shape index (κ2) is 8.18. The Morgan fingerprint density at radius 2 is 1.70 bits per heavy atom. The first kappa shape index (κ1) is 18.9. The summed E-state index contributed by atoms with van der Waals surface area (Å²) in [6.45, 7) is 4.23. The zero-order valence-electron chi connectivity index (χ0n) is 15.2. The lowest BCUT2D eigenvalue weighted by molar-refractivity contribution is -0.115. The van der Waals surface area contributed by atoms with Crippen LogP contribution in [0.15, 0.2) is 60.0 Å². The minimum atomic E-state index is -1.05. The first-order valence-electron chi connectivity index (χ1n) is 8.74. The first-order chi connectivity index (χ1) is 13.0. The number of carboxylic acid groups (broad SMARTS) is 1. The third-order valence-electron chi connectivity index (χ3n) is 4.35. The van der Waals surface area contributed by atoms with Gasteiger partial charge in [0, 0.05) is 10.9 Å². The first-order valence-corrected chi connectivity index (χ1v) is 9.62. The molecule has 1 heterocycles. The van der Waals surface area contributed by atoms with E-state index >= 15 is 0 Å². The predicted octanol–water partition coefficient (Wildman–Crippen LogP) is 5.42. The minimum Gasteiger partial charge on any atom is -0.478 e. The van der Waals surface area contributed by atoms with Gasteiger partial charge in [0.2, 0.25) is 5.91 Å². The van der Waals surface area contributed by atoms with Gasteiger partial charge in [-0.1, -0.05) is 68.4 Å². The molecule has 1 amide bonds. The highest BCUT2D eigenvalue weighted by atomic mass is 32.1. The number of hydrogen-bond acceptors (Lipinski definition) is 3. The Balaban J connectivity index is 1.85. The SMILES string of the molecule is CC(C)c1ccc(-c2csc(NC(=O)Cc3ccccc3)c2C(=O)O)cc1. The van der Waals surface area contributed by atoms with Gasteiger partial charge in [-0.25, -0.2) is 4.79 Å². The number of amides is 1. The Morgan fingerprint density at radius 1 is 1.04 bits per heavy atom. The van der Waals surface area contributed by atoms with Crippen molar-refractivity contribution in [3.05, 3.63) is 76.7 Å². The Labute approximate surface area is 162 Å². The van der Waals surface area contributed by atoms with Gasteiger partial charge in [-0.15, -0.1) is 11.3 Å². The Bertz CT molecular complexity index is 943. The smallest absolute Gasteiger partial charge is 0.339 e. The van der Waals surface area contributed by atoms with Crippen LogP contribution in [0.25, 0.3) is 11.1 Å². The standard InChI is InChI=1S/C22H21NO3S/c1-14(2)16-8-10-17(11-9-16)18-13-27-21(20(18)22(25)26)23-19(24)12-15-6-4-3-5-7-15/h3-11,13-14H,12H2,1-2H3,(H,23,24)(H,25,26). The number of aromatic carboxylic acids is 1. The van der Waals surface area contributed by atoms with Gasteiger partial charge in [-0.3, -0.25) is 4.79 Å². The molecule has 0 saturated heterocycles. The van der Waals surface area contributed by atoms with E-state index in [9.17, 15) is 14.7 Å². The molecule has 5 heteroatoms. The molecule has 0 atom stereocenters. The molecule has 0 spiro atoms. The molecule has 2 N–H and O–H groups in total. The van der Waals surface area contributed by atoms with Crippen molar-refractivity contribution in [1.82, 2.24) is 0 Å². The number of carboxylic acids is 1. The molecule has 138 valence electrons. The zero-order chi connectivity index (χ0) is 19.4. The minimum absolute atomic E-state index is 0.138. The second-order valence-electron chi connectivity index (χ2n) is 6.65. The van der Waals surface area contributed by atoms with Gasteiger partial charge in [0.05, 0.1) is 6.42 Å². The molecule has 0 aliphatic carbocycles. The average molecular weight is 379 g/mol. The molecule has 0 fully saturated rings. The topological polar surface area (TPSA) is 66.4 Å². The summed E-state index contributed by atoms with van der Waals surface area (Å²) in [4.78, 5) is 24.2. The van der Waals surface area contributed by atoms with Crippen molar-refractivity contribution in [2.75, 3.05) is 5.32 Å². The van der Waals surface area contributed by atoms with Crippen molar-refractivity contribution in [3.8, 4) is 11.1 Å². The maximum absolute atomic E-state index is 12.3. The van der Waals surface area contributed by atoms with E-state index in [0.717, 1.165) is 11.1 Å². The van der Waals surface area contributed by atoms with Crippen LogP contribution in [0.2, 0.25) is 0 Å². The molecule has 0 bridgehead atoms. The van der Waals surface area contributed by atoms with Crippen LogP contribution in [-0.2, 0) is 11.2 Å². The van der Waals surface area contributed by atoms with Gasteiger partial charge >= 0.3 is 5.97 Å². The molecule has 27 heavy (non-hydrogen) atoms. The van der Waals surface area contributed by atoms with Crippen LogP contribution in [0.1, 0.15) is 41.3 Å². The highest BCUT2D eigenvalue weighted by molar-refractivity contribution is 7.15. The second-order valence-corrected chi connectivity index (χ2v) is 7.53. The fourth-order valence-corrected chi connectivity index (χ4v) is 3.85. The number of benzene rings is 2. The van der Waals surface area contributed by atoms with E-state index in [1.807, 2.05) is 54.6 Å². The van der Waals surface area contributed by atoms with Crippen LogP contribution in [-0.4, -0.2) is 17.0 Å². The lowest BCUT2D eigenvalue weighted by Gasteiger charge is -2.08. The monoisotopic (exact) mass is 379 g/mol. The van der Waals surface area contributed by atoms with E-state index in [1.165, 1.54) is 16.9 Å². The summed E-state index contributed by atoms with van der Waals surface area (Å²) >= 11 is 1.24. The molecule has 0 aliphatic heterocycles. The summed E-state index contributed by atoms with van der Waals surface area (Å²) in [5, 5.41) is 14.6. The van der Waals surface area contributed by atoms with Gasteiger partial charge in [0.25, 0.3) is 0 Å². The van der Waals surface area contributed by atoms with Crippen molar-refractivity contribution < 1.29 is 14.7 Å². The highest BCUT2D eigenvalue weighted by Crippen LogP contribution is 2.36. The predicted molar refractivity (Wildman–Crippen MR) is 110 cm³/mol. The van der Waals surface area contributed by atoms with E-state index in [4.69, 9.17) is 0 Å². The summed E-state index contributed by atoms with van der Waals surface area (Å²) in [6, 6.07) is 17.2. The maximum atomic E-state index is 12.3. The third kappa shape index (κ3) is 4.44. The van der Waals surface area contributed by atoms with Crippen LogP contribution in [0.3, 0.4) is 0 Å². The third-order valence-corrected chi connectivity index (χ3v) is 5.25. The van der Waals surface area contributed by atoms with Gasteiger partial charge < -0.3 is 10.4 Å². The van der Waals surface area contributed by atoms with Crippen molar-refractivity contribution in [1.29, 1.82) is 0 Å². The number of hydrogen-bond donors (Lipinski definition) is 2. The van der Waals surface area contributed by atoms with E-state index in [2.05, 4.69) is 19.2 Å². The summed E-state index contributed by atoms with van der Waals surface area (Å²) < 4.78 is 0. The highest BCUT2D eigenvalue weighted by Gasteiger charge is 2.21. The lowest BCUT2D eigenvalue weighted by atomic mass is 9.98. The molecule has 3 rings (SSSR count). The number of anilines is 1. The largest absolute Gasteiger partial charge is 0.478 e. The lowest BCUT2D eigenvalue weighted by Crippen LogP contribution is -2.15. The van der Waals surface area contributed by atoms with Gasteiger partial charge in [-0.05, 0) is 22.6 Å². The molecule has 4 nitrogen and oxygen atoms in total.